The lowest BCUT2D eigenvalue weighted by atomic mass is 9.95. The van der Waals surface area contributed by atoms with Gasteiger partial charge in [-0.25, -0.2) is 0 Å². The summed E-state index contributed by atoms with van der Waals surface area (Å²) < 4.78 is 0. The van der Waals surface area contributed by atoms with Gasteiger partial charge < -0.3 is 5.11 Å². The lowest BCUT2D eigenvalue weighted by Gasteiger charge is -2.39. The van der Waals surface area contributed by atoms with E-state index in [9.17, 15) is 4.79 Å². The first-order valence-electron chi connectivity index (χ1n) is 7.12. The molecule has 0 unspecified atom stereocenters. The summed E-state index contributed by atoms with van der Waals surface area (Å²) in [5.41, 5.74) is 2.10. The minimum Gasteiger partial charge on any atom is -0.481 e. The van der Waals surface area contributed by atoms with Gasteiger partial charge in [0, 0.05) is 18.6 Å². The van der Waals surface area contributed by atoms with Gasteiger partial charge in [-0.1, -0.05) is 30.7 Å². The molecule has 0 bridgehead atoms. The highest BCUT2D eigenvalue weighted by molar-refractivity contribution is 5.70. The molecule has 3 nitrogen and oxygen atoms in total. The van der Waals surface area contributed by atoms with E-state index < -0.39 is 5.97 Å². The van der Waals surface area contributed by atoms with Crippen molar-refractivity contribution in [2.45, 2.75) is 58.2 Å². The summed E-state index contributed by atoms with van der Waals surface area (Å²) in [6, 6.07) is 9.09. The lowest BCUT2D eigenvalue weighted by Crippen LogP contribution is -2.43. The van der Waals surface area contributed by atoms with Crippen LogP contribution < -0.4 is 0 Å². The highest BCUT2D eigenvalue weighted by Crippen LogP contribution is 2.25. The van der Waals surface area contributed by atoms with Crippen LogP contribution in [0.5, 0.6) is 0 Å². The van der Waals surface area contributed by atoms with Crippen molar-refractivity contribution in [2.75, 3.05) is 0 Å². The molecular formula is C16H23NO2. The Labute approximate surface area is 115 Å². The van der Waals surface area contributed by atoms with Gasteiger partial charge in [0.25, 0.3) is 0 Å². The second-order valence-electron chi connectivity index (χ2n) is 5.64. The molecule has 3 heteroatoms. The number of aliphatic carboxylic acids is 1. The minimum absolute atomic E-state index is 0.118. The lowest BCUT2D eigenvalue weighted by molar-refractivity contribution is -0.136. The average molecular weight is 261 g/mol. The maximum atomic E-state index is 10.9. The van der Waals surface area contributed by atoms with Gasteiger partial charge in [0.15, 0.2) is 0 Å². The summed E-state index contributed by atoms with van der Waals surface area (Å²) in [5, 5.41) is 8.99. The molecule has 1 saturated heterocycles. The number of hydrogen-bond acceptors (Lipinski definition) is 2. The van der Waals surface area contributed by atoms with E-state index in [-0.39, 0.29) is 6.42 Å². The van der Waals surface area contributed by atoms with Crippen LogP contribution in [0.3, 0.4) is 0 Å². The normalized spacial score (nSPS) is 24.3. The molecule has 1 aromatic rings. The Morgan fingerprint density at radius 2 is 1.79 bits per heavy atom. The van der Waals surface area contributed by atoms with Crippen LogP contribution >= 0.6 is 0 Å². The molecule has 1 aliphatic heterocycles. The summed E-state index contributed by atoms with van der Waals surface area (Å²) >= 11 is 0. The number of likely N-dealkylation sites (tertiary alicyclic amines) is 1. The number of rotatable bonds is 4. The summed E-state index contributed by atoms with van der Waals surface area (Å²) in [6.07, 6.45) is 3.90. The number of carboxylic acids is 1. The summed E-state index contributed by atoms with van der Waals surface area (Å²) in [5.74, 6) is -0.757. The zero-order chi connectivity index (χ0) is 13.8. The van der Waals surface area contributed by atoms with Crippen molar-refractivity contribution in [3.8, 4) is 0 Å². The van der Waals surface area contributed by atoms with Gasteiger partial charge >= 0.3 is 5.97 Å². The third kappa shape index (κ3) is 3.57. The van der Waals surface area contributed by atoms with Gasteiger partial charge in [-0.3, -0.25) is 9.69 Å². The van der Waals surface area contributed by atoms with Crippen molar-refractivity contribution in [3.63, 3.8) is 0 Å². The van der Waals surface area contributed by atoms with Crippen LogP contribution in [-0.4, -0.2) is 28.1 Å². The van der Waals surface area contributed by atoms with E-state index in [1.807, 2.05) is 18.2 Å². The van der Waals surface area contributed by atoms with Crippen LogP contribution in [0.2, 0.25) is 0 Å². The molecule has 0 spiro atoms. The molecule has 0 aliphatic carbocycles. The number of benzene rings is 1. The Morgan fingerprint density at radius 3 is 2.37 bits per heavy atom. The summed E-state index contributed by atoms with van der Waals surface area (Å²) in [7, 11) is 0. The fraction of sp³-hybridized carbons (Fsp3) is 0.562. The van der Waals surface area contributed by atoms with Crippen molar-refractivity contribution in [2.24, 2.45) is 0 Å². The van der Waals surface area contributed by atoms with Crippen LogP contribution in [0.4, 0.5) is 0 Å². The van der Waals surface area contributed by atoms with Crippen molar-refractivity contribution < 1.29 is 9.90 Å². The molecule has 0 amide bonds. The largest absolute Gasteiger partial charge is 0.481 e. The second kappa shape index (κ2) is 6.20. The van der Waals surface area contributed by atoms with Crippen molar-refractivity contribution in [1.82, 2.24) is 4.90 Å². The summed E-state index contributed by atoms with van der Waals surface area (Å²) in [6.45, 7) is 5.41. The van der Waals surface area contributed by atoms with Gasteiger partial charge in [-0.2, -0.15) is 0 Å². The molecular weight excluding hydrogens is 238 g/mol. The molecule has 1 heterocycles. The fourth-order valence-electron chi connectivity index (χ4n) is 3.03. The highest BCUT2D eigenvalue weighted by atomic mass is 16.4. The van der Waals surface area contributed by atoms with E-state index in [0.29, 0.717) is 12.1 Å². The smallest absolute Gasteiger partial charge is 0.307 e. The Hall–Kier alpha value is -1.35. The number of hydrogen-bond donors (Lipinski definition) is 1. The predicted molar refractivity (Wildman–Crippen MR) is 76.1 cm³/mol. The number of nitrogens with zero attached hydrogens (tertiary/aromatic N) is 1. The molecule has 104 valence electrons. The quantitative estimate of drug-likeness (QED) is 0.905. The topological polar surface area (TPSA) is 40.5 Å². The first-order valence-corrected chi connectivity index (χ1v) is 7.12. The zero-order valence-corrected chi connectivity index (χ0v) is 11.8. The molecule has 2 rings (SSSR count). The van der Waals surface area contributed by atoms with E-state index in [1.54, 1.807) is 0 Å². The zero-order valence-electron chi connectivity index (χ0n) is 11.8. The first kappa shape index (κ1) is 14.1. The van der Waals surface area contributed by atoms with E-state index in [2.05, 4.69) is 24.8 Å². The van der Waals surface area contributed by atoms with Crippen molar-refractivity contribution in [3.05, 3.63) is 35.4 Å². The first-order chi connectivity index (χ1) is 9.08. The molecule has 2 atom stereocenters. The molecule has 1 aliphatic rings. The molecule has 1 N–H and O–H groups in total. The summed E-state index contributed by atoms with van der Waals surface area (Å²) in [4.78, 5) is 13.4. The van der Waals surface area contributed by atoms with Crippen LogP contribution in [0.25, 0.3) is 0 Å². The molecule has 0 radical (unpaired) electrons. The number of carboxylic acid groups (broad SMARTS) is 1. The average Bonchev–Trinajstić information content (AvgIpc) is 2.35. The third-order valence-corrected chi connectivity index (χ3v) is 4.19. The molecule has 19 heavy (non-hydrogen) atoms. The van der Waals surface area contributed by atoms with Crippen LogP contribution in [0, 0.1) is 0 Å². The Kier molecular flexibility index (Phi) is 4.59. The van der Waals surface area contributed by atoms with E-state index >= 15 is 0 Å². The fourth-order valence-corrected chi connectivity index (χ4v) is 3.03. The van der Waals surface area contributed by atoms with Gasteiger partial charge in [-0.15, -0.1) is 0 Å². The van der Waals surface area contributed by atoms with Crippen LogP contribution in [-0.2, 0) is 17.8 Å². The van der Waals surface area contributed by atoms with Gasteiger partial charge in [0.05, 0.1) is 6.42 Å². The highest BCUT2D eigenvalue weighted by Gasteiger charge is 2.25. The van der Waals surface area contributed by atoms with Crippen molar-refractivity contribution in [1.29, 1.82) is 0 Å². The molecule has 0 aromatic heterocycles. The molecule has 1 aromatic carbocycles. The monoisotopic (exact) mass is 261 g/mol. The Bertz CT molecular complexity index is 434. The third-order valence-electron chi connectivity index (χ3n) is 4.19. The van der Waals surface area contributed by atoms with Crippen LogP contribution in [0.15, 0.2) is 24.3 Å². The van der Waals surface area contributed by atoms with Crippen molar-refractivity contribution >= 4 is 5.97 Å². The second-order valence-corrected chi connectivity index (χ2v) is 5.64. The van der Waals surface area contributed by atoms with Gasteiger partial charge in [-0.05, 0) is 37.8 Å². The van der Waals surface area contributed by atoms with Gasteiger partial charge in [0.1, 0.15) is 0 Å². The number of carbonyl (C=O) groups is 1. The minimum atomic E-state index is -0.757. The SMILES string of the molecule is C[C@@H]1CCC[C@H](C)N1Cc1ccccc1CC(=O)O. The van der Waals surface area contributed by atoms with E-state index in [0.717, 1.165) is 17.7 Å². The Balaban J connectivity index is 2.15. The molecule has 0 saturated carbocycles. The Morgan fingerprint density at radius 1 is 1.21 bits per heavy atom. The molecule has 1 fully saturated rings. The number of piperidine rings is 1. The van der Waals surface area contributed by atoms with Crippen LogP contribution in [0.1, 0.15) is 44.2 Å². The van der Waals surface area contributed by atoms with Gasteiger partial charge in [0.2, 0.25) is 0 Å². The maximum absolute atomic E-state index is 10.9. The standard InChI is InChI=1S/C16H23NO2/c1-12-6-5-7-13(2)17(12)11-15-9-4-3-8-14(15)10-16(18)19/h3-4,8-9,12-13H,5-7,10-11H2,1-2H3,(H,18,19)/t12-,13+. The maximum Gasteiger partial charge on any atom is 0.307 e. The predicted octanol–water partition coefficient (Wildman–Crippen LogP) is 3.08. The van der Waals surface area contributed by atoms with E-state index in [4.69, 9.17) is 5.11 Å². The van der Waals surface area contributed by atoms with E-state index in [1.165, 1.54) is 19.3 Å².